The lowest BCUT2D eigenvalue weighted by Gasteiger charge is -2.40. The lowest BCUT2D eigenvalue weighted by Crippen LogP contribution is -2.60. The first kappa shape index (κ1) is 45.4. The fraction of sp³-hybridized carbons (Fsp3) is 0.816. The van der Waals surface area contributed by atoms with Gasteiger partial charge in [0.15, 0.2) is 6.29 Å². The van der Waals surface area contributed by atoms with Crippen LogP contribution in [0.1, 0.15) is 129 Å². The molecule has 9 atom stereocenters. The van der Waals surface area contributed by atoms with Crippen LogP contribution < -0.4 is 5.32 Å². The van der Waals surface area contributed by atoms with Crippen molar-refractivity contribution >= 4 is 5.91 Å². The van der Waals surface area contributed by atoms with E-state index in [9.17, 15) is 40.5 Å². The van der Waals surface area contributed by atoms with Crippen LogP contribution in [-0.4, -0.2) is 110 Å². The molecule has 1 aliphatic heterocycles. The highest BCUT2D eigenvalue weighted by molar-refractivity contribution is 5.80. The molecule has 1 fully saturated rings. The van der Waals surface area contributed by atoms with Crippen LogP contribution in [0, 0.1) is 0 Å². The van der Waals surface area contributed by atoms with Crippen LogP contribution in [0.15, 0.2) is 36.5 Å². The van der Waals surface area contributed by atoms with Gasteiger partial charge in [-0.15, -0.1) is 0 Å². The van der Waals surface area contributed by atoms with Gasteiger partial charge in [0, 0.05) is 0 Å². The molecule has 8 N–H and O–H groups in total. The largest absolute Gasteiger partial charge is 0.394 e. The first-order chi connectivity index (χ1) is 23.7. The fourth-order valence-electron chi connectivity index (χ4n) is 5.75. The second-order valence-corrected chi connectivity index (χ2v) is 13.3. The second kappa shape index (κ2) is 29.0. The number of aliphatic hydroxyl groups is 7. The smallest absolute Gasteiger partial charge is 0.249 e. The Kier molecular flexibility index (Phi) is 26.8. The van der Waals surface area contributed by atoms with Gasteiger partial charge in [0.1, 0.15) is 36.6 Å². The Morgan fingerprint density at radius 1 is 0.735 bits per heavy atom. The van der Waals surface area contributed by atoms with Crippen molar-refractivity contribution in [1.82, 2.24) is 5.32 Å². The highest BCUT2D eigenvalue weighted by atomic mass is 16.7. The first-order valence-electron chi connectivity index (χ1n) is 18.9. The van der Waals surface area contributed by atoms with E-state index in [1.165, 1.54) is 25.7 Å². The molecule has 0 saturated carbocycles. The van der Waals surface area contributed by atoms with Gasteiger partial charge in [0.25, 0.3) is 0 Å². The zero-order valence-electron chi connectivity index (χ0n) is 30.2. The van der Waals surface area contributed by atoms with Crippen molar-refractivity contribution in [3.8, 4) is 0 Å². The van der Waals surface area contributed by atoms with Gasteiger partial charge in [-0.05, 0) is 71.1 Å². The maximum absolute atomic E-state index is 12.9. The molecule has 0 aromatic heterocycles. The summed E-state index contributed by atoms with van der Waals surface area (Å²) in [6, 6.07) is -1.19. The van der Waals surface area contributed by atoms with Crippen molar-refractivity contribution in [2.75, 3.05) is 13.2 Å². The van der Waals surface area contributed by atoms with Crippen molar-refractivity contribution < 1.29 is 50.0 Å². The maximum atomic E-state index is 12.9. The van der Waals surface area contributed by atoms with Gasteiger partial charge in [-0.25, -0.2) is 0 Å². The minimum atomic E-state index is -1.67. The quantitative estimate of drug-likeness (QED) is 0.0417. The van der Waals surface area contributed by atoms with E-state index in [0.29, 0.717) is 19.3 Å². The molecule has 11 heteroatoms. The summed E-state index contributed by atoms with van der Waals surface area (Å²) in [6.07, 6.45) is 18.2. The zero-order chi connectivity index (χ0) is 36.3. The van der Waals surface area contributed by atoms with Crippen molar-refractivity contribution in [2.24, 2.45) is 0 Å². The number of allylic oxidation sites excluding steroid dienone is 6. The number of nitrogens with one attached hydrogen (secondary N) is 1. The molecule has 11 nitrogen and oxygen atoms in total. The molecule has 49 heavy (non-hydrogen) atoms. The molecular weight excluding hydrogens is 630 g/mol. The van der Waals surface area contributed by atoms with Gasteiger partial charge < -0.3 is 50.5 Å². The standard InChI is InChI=1S/C38H69NO10/c1-3-5-7-9-11-13-14-15-16-17-18-20-22-24-26-31(42)37(47)39-29(28-48-38-36(46)35(45)34(44)32(27-40)49-38)33(43)30(41)25-23-21-19-12-10-8-6-4-2/h4,6,12-14,19,29-36,38,40-46H,3,5,7-11,15-18,20-28H2,1-2H3,(H,39,47)/b6-4+,14-13-,19-12+. The third-order valence-electron chi connectivity index (χ3n) is 8.99. The van der Waals surface area contributed by atoms with Crippen LogP contribution >= 0.6 is 0 Å². The molecule has 0 aliphatic carbocycles. The number of ether oxygens (including phenoxy) is 2. The number of unbranched alkanes of at least 4 members (excludes halogenated alkanes) is 12. The molecule has 1 aliphatic rings. The van der Waals surface area contributed by atoms with Crippen molar-refractivity contribution in [2.45, 2.75) is 184 Å². The Morgan fingerprint density at radius 3 is 1.94 bits per heavy atom. The monoisotopic (exact) mass is 699 g/mol. The van der Waals surface area contributed by atoms with Gasteiger partial charge in [0.05, 0.1) is 25.4 Å². The maximum Gasteiger partial charge on any atom is 0.249 e. The Balaban J connectivity index is 2.57. The van der Waals surface area contributed by atoms with Gasteiger partial charge in [-0.3, -0.25) is 4.79 Å². The average Bonchev–Trinajstić information content (AvgIpc) is 3.10. The van der Waals surface area contributed by atoms with E-state index in [2.05, 4.69) is 36.5 Å². The molecule has 1 heterocycles. The third kappa shape index (κ3) is 20.1. The zero-order valence-corrected chi connectivity index (χ0v) is 30.2. The number of carbonyl (C=O) groups excluding carboxylic acids is 1. The fourth-order valence-corrected chi connectivity index (χ4v) is 5.75. The summed E-state index contributed by atoms with van der Waals surface area (Å²) in [6.45, 7) is 3.11. The third-order valence-corrected chi connectivity index (χ3v) is 8.99. The van der Waals surface area contributed by atoms with Gasteiger partial charge in [-0.2, -0.15) is 0 Å². The van der Waals surface area contributed by atoms with E-state index in [1.54, 1.807) is 0 Å². The van der Waals surface area contributed by atoms with E-state index < -0.39 is 74.2 Å². The summed E-state index contributed by atoms with van der Waals surface area (Å²) in [5, 5.41) is 74.9. The number of rotatable bonds is 29. The van der Waals surface area contributed by atoms with Crippen LogP contribution in [0.4, 0.5) is 0 Å². The Bertz CT molecular complexity index is 898. The van der Waals surface area contributed by atoms with E-state index in [1.807, 2.05) is 19.1 Å². The summed E-state index contributed by atoms with van der Waals surface area (Å²) < 4.78 is 11.0. The highest BCUT2D eigenvalue weighted by Gasteiger charge is 2.44. The molecular formula is C38H69NO10. The van der Waals surface area contributed by atoms with Crippen molar-refractivity contribution in [3.05, 3.63) is 36.5 Å². The molecule has 0 aromatic carbocycles. The topological polar surface area (TPSA) is 189 Å². The van der Waals surface area contributed by atoms with Crippen molar-refractivity contribution in [3.63, 3.8) is 0 Å². The lowest BCUT2D eigenvalue weighted by atomic mass is 9.98. The van der Waals surface area contributed by atoms with Crippen LogP contribution in [-0.2, 0) is 14.3 Å². The number of hydrogen-bond acceptors (Lipinski definition) is 10. The number of amides is 1. The first-order valence-corrected chi connectivity index (χ1v) is 18.9. The summed E-state index contributed by atoms with van der Waals surface area (Å²) in [5.41, 5.74) is 0. The van der Waals surface area contributed by atoms with E-state index >= 15 is 0 Å². The molecule has 1 amide bonds. The molecule has 0 radical (unpaired) electrons. The van der Waals surface area contributed by atoms with Crippen LogP contribution in [0.25, 0.3) is 0 Å². The summed E-state index contributed by atoms with van der Waals surface area (Å²) in [7, 11) is 0. The normalized spacial score (nSPS) is 24.1. The predicted octanol–water partition coefficient (Wildman–Crippen LogP) is 4.10. The predicted molar refractivity (Wildman–Crippen MR) is 192 cm³/mol. The van der Waals surface area contributed by atoms with Crippen LogP contribution in [0.3, 0.4) is 0 Å². The molecule has 0 bridgehead atoms. The van der Waals surface area contributed by atoms with Crippen molar-refractivity contribution in [1.29, 1.82) is 0 Å². The van der Waals surface area contributed by atoms with Gasteiger partial charge in [0.2, 0.25) is 5.91 Å². The van der Waals surface area contributed by atoms with Crippen LogP contribution in [0.2, 0.25) is 0 Å². The van der Waals surface area contributed by atoms with E-state index in [-0.39, 0.29) is 12.8 Å². The minimum absolute atomic E-state index is 0.241. The lowest BCUT2D eigenvalue weighted by molar-refractivity contribution is -0.303. The second-order valence-electron chi connectivity index (χ2n) is 13.3. The number of hydrogen-bond donors (Lipinski definition) is 8. The number of carbonyl (C=O) groups is 1. The molecule has 0 aromatic rings. The minimum Gasteiger partial charge on any atom is -0.394 e. The Labute approximate surface area is 295 Å². The molecule has 9 unspecified atom stereocenters. The summed E-state index contributed by atoms with van der Waals surface area (Å²) >= 11 is 0. The summed E-state index contributed by atoms with van der Waals surface area (Å²) in [4.78, 5) is 12.9. The Hall–Kier alpha value is -1.67. The SMILES string of the molecule is C/C=C/CC/C=C/CCCC(O)C(O)C(COC1OC(CO)C(O)C(O)C1O)NC(=O)C(O)CCCCCCCC/C=C\CCCCCC. The number of aliphatic hydroxyl groups excluding tert-OH is 7. The van der Waals surface area contributed by atoms with E-state index in [4.69, 9.17) is 9.47 Å². The van der Waals surface area contributed by atoms with Crippen LogP contribution in [0.5, 0.6) is 0 Å². The average molecular weight is 700 g/mol. The molecule has 1 saturated heterocycles. The summed E-state index contributed by atoms with van der Waals surface area (Å²) in [5.74, 6) is -0.723. The molecule has 0 spiro atoms. The highest BCUT2D eigenvalue weighted by Crippen LogP contribution is 2.23. The molecule has 1 rings (SSSR count). The molecule has 286 valence electrons. The van der Waals surface area contributed by atoms with Gasteiger partial charge in [-0.1, -0.05) is 94.7 Å². The Morgan fingerprint density at radius 2 is 1.31 bits per heavy atom. The van der Waals surface area contributed by atoms with E-state index in [0.717, 1.165) is 57.8 Å². The van der Waals surface area contributed by atoms with Gasteiger partial charge >= 0.3 is 0 Å².